The highest BCUT2D eigenvalue weighted by Crippen LogP contribution is 2.18. The van der Waals surface area contributed by atoms with Crippen molar-refractivity contribution in [3.05, 3.63) is 30.2 Å². The standard InChI is InChI=1S/C9H10N2O2/c10-5-7(12)9-11-6-3-1-2-4-8(6)13-9/h1-4,7,12H,5,10H2. The van der Waals surface area contributed by atoms with E-state index in [1.807, 2.05) is 18.2 Å². The number of nitrogens with two attached hydrogens (primary N) is 1. The van der Waals surface area contributed by atoms with Crippen LogP contribution in [0, 0.1) is 0 Å². The number of hydrogen-bond donors (Lipinski definition) is 2. The SMILES string of the molecule is NCC(O)c1nc2ccccc2o1. The zero-order valence-corrected chi connectivity index (χ0v) is 6.97. The van der Waals surface area contributed by atoms with Crippen molar-refractivity contribution in [3.63, 3.8) is 0 Å². The first-order valence-electron chi connectivity index (χ1n) is 4.05. The van der Waals surface area contributed by atoms with E-state index in [4.69, 9.17) is 10.2 Å². The second-order valence-corrected chi connectivity index (χ2v) is 2.77. The molecule has 0 saturated carbocycles. The number of rotatable bonds is 2. The topological polar surface area (TPSA) is 72.3 Å². The maximum absolute atomic E-state index is 9.35. The second-order valence-electron chi connectivity index (χ2n) is 2.77. The molecule has 0 aliphatic carbocycles. The average Bonchev–Trinajstić information content (AvgIpc) is 2.59. The first-order chi connectivity index (χ1) is 6.31. The lowest BCUT2D eigenvalue weighted by molar-refractivity contribution is 0.154. The van der Waals surface area contributed by atoms with Crippen molar-refractivity contribution in [3.8, 4) is 0 Å². The van der Waals surface area contributed by atoms with Gasteiger partial charge in [-0.25, -0.2) is 4.98 Å². The number of oxazole rings is 1. The Bertz CT molecular complexity index is 378. The molecule has 13 heavy (non-hydrogen) atoms. The third-order valence-electron chi connectivity index (χ3n) is 1.82. The first-order valence-corrected chi connectivity index (χ1v) is 4.05. The maximum Gasteiger partial charge on any atom is 0.225 e. The van der Waals surface area contributed by atoms with Crippen LogP contribution in [0.5, 0.6) is 0 Å². The second kappa shape index (κ2) is 3.16. The summed E-state index contributed by atoms with van der Waals surface area (Å²) in [6.45, 7) is 0.118. The van der Waals surface area contributed by atoms with Gasteiger partial charge in [0, 0.05) is 6.54 Å². The molecule has 0 spiro atoms. The number of nitrogens with zero attached hydrogens (tertiary/aromatic N) is 1. The number of aromatic nitrogens is 1. The summed E-state index contributed by atoms with van der Waals surface area (Å²) in [5, 5.41) is 9.35. The van der Waals surface area contributed by atoms with Crippen LogP contribution in [0.1, 0.15) is 12.0 Å². The van der Waals surface area contributed by atoms with Crippen molar-refractivity contribution in [2.75, 3.05) is 6.54 Å². The van der Waals surface area contributed by atoms with Crippen LogP contribution in [0.4, 0.5) is 0 Å². The molecule has 0 saturated heterocycles. The van der Waals surface area contributed by atoms with Gasteiger partial charge in [-0.2, -0.15) is 0 Å². The summed E-state index contributed by atoms with van der Waals surface area (Å²) < 4.78 is 5.28. The molecule has 68 valence electrons. The van der Waals surface area contributed by atoms with E-state index in [-0.39, 0.29) is 12.4 Å². The number of aliphatic hydroxyl groups is 1. The molecule has 0 bridgehead atoms. The molecule has 1 atom stereocenters. The minimum atomic E-state index is -0.813. The Morgan fingerprint density at radius 1 is 1.46 bits per heavy atom. The first kappa shape index (κ1) is 8.22. The van der Waals surface area contributed by atoms with Gasteiger partial charge in [0.05, 0.1) is 0 Å². The van der Waals surface area contributed by atoms with Crippen LogP contribution in [0.3, 0.4) is 0 Å². The molecule has 3 N–H and O–H groups in total. The molecule has 1 heterocycles. The van der Waals surface area contributed by atoms with E-state index >= 15 is 0 Å². The smallest absolute Gasteiger partial charge is 0.225 e. The summed E-state index contributed by atoms with van der Waals surface area (Å²) in [4.78, 5) is 4.09. The van der Waals surface area contributed by atoms with Crippen molar-refractivity contribution in [1.29, 1.82) is 0 Å². The summed E-state index contributed by atoms with van der Waals surface area (Å²) >= 11 is 0. The fourth-order valence-corrected chi connectivity index (χ4v) is 1.13. The van der Waals surface area contributed by atoms with E-state index in [9.17, 15) is 5.11 Å². The lowest BCUT2D eigenvalue weighted by atomic mass is 10.3. The van der Waals surface area contributed by atoms with Crippen LogP contribution in [0.25, 0.3) is 11.1 Å². The van der Waals surface area contributed by atoms with Gasteiger partial charge in [0.2, 0.25) is 5.89 Å². The monoisotopic (exact) mass is 178 g/mol. The van der Waals surface area contributed by atoms with Crippen LogP contribution >= 0.6 is 0 Å². The Hall–Kier alpha value is -1.39. The number of hydrogen-bond acceptors (Lipinski definition) is 4. The highest BCUT2D eigenvalue weighted by molar-refractivity contribution is 5.72. The lowest BCUT2D eigenvalue weighted by Gasteiger charge is -1.99. The summed E-state index contributed by atoms with van der Waals surface area (Å²) in [5.74, 6) is 0.281. The van der Waals surface area contributed by atoms with E-state index in [1.165, 1.54) is 0 Å². The van der Waals surface area contributed by atoms with Gasteiger partial charge in [0.15, 0.2) is 5.58 Å². The summed E-state index contributed by atoms with van der Waals surface area (Å²) in [6, 6.07) is 7.34. The van der Waals surface area contributed by atoms with Crippen LogP contribution in [0.2, 0.25) is 0 Å². The van der Waals surface area contributed by atoms with Crippen molar-refractivity contribution in [2.45, 2.75) is 6.10 Å². The van der Waals surface area contributed by atoms with Crippen LogP contribution in [-0.4, -0.2) is 16.6 Å². The van der Waals surface area contributed by atoms with E-state index in [2.05, 4.69) is 4.98 Å². The average molecular weight is 178 g/mol. The summed E-state index contributed by atoms with van der Waals surface area (Å²) in [7, 11) is 0. The van der Waals surface area contributed by atoms with E-state index in [0.717, 1.165) is 5.52 Å². The van der Waals surface area contributed by atoms with Crippen molar-refractivity contribution < 1.29 is 9.52 Å². The zero-order valence-electron chi connectivity index (χ0n) is 6.97. The Labute approximate surface area is 75.0 Å². The number of aliphatic hydroxyl groups excluding tert-OH is 1. The molecule has 0 fully saturated rings. The summed E-state index contributed by atoms with van der Waals surface area (Å²) in [5.41, 5.74) is 6.69. The Balaban J connectivity index is 2.49. The largest absolute Gasteiger partial charge is 0.438 e. The highest BCUT2D eigenvalue weighted by atomic mass is 16.4. The highest BCUT2D eigenvalue weighted by Gasteiger charge is 2.12. The third kappa shape index (κ3) is 1.41. The molecule has 0 aliphatic rings. The maximum atomic E-state index is 9.35. The number of benzene rings is 1. The Kier molecular flexibility index (Phi) is 2.00. The molecule has 1 aromatic carbocycles. The van der Waals surface area contributed by atoms with Crippen molar-refractivity contribution in [2.24, 2.45) is 5.73 Å². The molecule has 4 nitrogen and oxygen atoms in total. The molecule has 1 aromatic heterocycles. The molecule has 0 aliphatic heterocycles. The van der Waals surface area contributed by atoms with Crippen molar-refractivity contribution >= 4 is 11.1 Å². The van der Waals surface area contributed by atoms with Crippen LogP contribution < -0.4 is 5.73 Å². The zero-order chi connectivity index (χ0) is 9.26. The molecular weight excluding hydrogens is 168 g/mol. The quantitative estimate of drug-likeness (QED) is 0.714. The van der Waals surface area contributed by atoms with Gasteiger partial charge in [-0.3, -0.25) is 0 Å². The van der Waals surface area contributed by atoms with Crippen molar-refractivity contribution in [1.82, 2.24) is 4.98 Å². The number of fused-ring (bicyclic) bond motifs is 1. The Morgan fingerprint density at radius 2 is 2.23 bits per heavy atom. The fraction of sp³-hybridized carbons (Fsp3) is 0.222. The lowest BCUT2D eigenvalue weighted by Crippen LogP contribution is -2.11. The Morgan fingerprint density at radius 3 is 2.92 bits per heavy atom. The molecular formula is C9H10N2O2. The molecule has 2 rings (SSSR count). The van der Waals surface area contributed by atoms with E-state index in [0.29, 0.717) is 5.58 Å². The van der Waals surface area contributed by atoms with Gasteiger partial charge in [0.1, 0.15) is 11.6 Å². The fourth-order valence-electron chi connectivity index (χ4n) is 1.13. The molecule has 2 aromatic rings. The normalized spacial score (nSPS) is 13.4. The minimum Gasteiger partial charge on any atom is -0.438 e. The van der Waals surface area contributed by atoms with Crippen LogP contribution in [0.15, 0.2) is 28.7 Å². The van der Waals surface area contributed by atoms with Gasteiger partial charge >= 0.3 is 0 Å². The van der Waals surface area contributed by atoms with Gasteiger partial charge in [-0.1, -0.05) is 12.1 Å². The minimum absolute atomic E-state index is 0.118. The molecule has 0 radical (unpaired) electrons. The van der Waals surface area contributed by atoms with Gasteiger partial charge in [0.25, 0.3) is 0 Å². The predicted octanol–water partition coefficient (Wildman–Crippen LogP) is 0.820. The van der Waals surface area contributed by atoms with E-state index < -0.39 is 6.10 Å². The van der Waals surface area contributed by atoms with Gasteiger partial charge in [-0.15, -0.1) is 0 Å². The van der Waals surface area contributed by atoms with E-state index in [1.54, 1.807) is 6.07 Å². The van der Waals surface area contributed by atoms with Crippen LogP contribution in [-0.2, 0) is 0 Å². The molecule has 0 amide bonds. The molecule has 4 heteroatoms. The molecule has 1 unspecified atom stereocenters. The third-order valence-corrected chi connectivity index (χ3v) is 1.82. The van der Waals surface area contributed by atoms with Gasteiger partial charge in [-0.05, 0) is 12.1 Å². The van der Waals surface area contributed by atoms with Gasteiger partial charge < -0.3 is 15.3 Å². The number of para-hydroxylation sites is 2. The summed E-state index contributed by atoms with van der Waals surface area (Å²) in [6.07, 6.45) is -0.813. The predicted molar refractivity (Wildman–Crippen MR) is 48.0 cm³/mol.